The minimum atomic E-state index is -0.828. The van der Waals surface area contributed by atoms with Crippen LogP contribution in [0.5, 0.6) is 0 Å². The Bertz CT molecular complexity index is 511. The predicted molar refractivity (Wildman–Crippen MR) is 93.3 cm³/mol. The SMILES string of the molecule is CCCCN(CCCC)c1ccc2c(n1)CCN(C(=O)O)CC2. The summed E-state index contributed by atoms with van der Waals surface area (Å²) in [6.45, 7) is 7.63. The Labute approximate surface area is 139 Å². The van der Waals surface area contributed by atoms with Crippen molar-refractivity contribution in [1.29, 1.82) is 0 Å². The van der Waals surface area contributed by atoms with Crippen LogP contribution in [0.3, 0.4) is 0 Å². The van der Waals surface area contributed by atoms with E-state index in [2.05, 4.69) is 30.9 Å². The van der Waals surface area contributed by atoms with Crippen molar-refractivity contribution in [3.8, 4) is 0 Å². The van der Waals surface area contributed by atoms with Crippen LogP contribution in [0.1, 0.15) is 50.8 Å². The quantitative estimate of drug-likeness (QED) is 0.835. The molecule has 23 heavy (non-hydrogen) atoms. The van der Waals surface area contributed by atoms with Crippen LogP contribution in [0.2, 0.25) is 0 Å². The first kappa shape index (κ1) is 17.6. The van der Waals surface area contributed by atoms with Gasteiger partial charge in [-0.1, -0.05) is 32.8 Å². The van der Waals surface area contributed by atoms with E-state index in [1.165, 1.54) is 36.1 Å². The molecule has 0 aromatic carbocycles. The number of unbranched alkanes of at least 4 members (excludes halogenated alkanes) is 2. The third-order valence-electron chi connectivity index (χ3n) is 4.48. The largest absolute Gasteiger partial charge is 0.465 e. The molecule has 1 aromatic heterocycles. The van der Waals surface area contributed by atoms with E-state index < -0.39 is 6.09 Å². The molecule has 0 spiro atoms. The Balaban J connectivity index is 2.13. The summed E-state index contributed by atoms with van der Waals surface area (Å²) in [4.78, 5) is 19.9. The average Bonchev–Trinajstić information content (AvgIpc) is 2.77. The van der Waals surface area contributed by atoms with Gasteiger partial charge in [-0.3, -0.25) is 0 Å². The Kier molecular flexibility index (Phi) is 6.68. The lowest BCUT2D eigenvalue weighted by molar-refractivity contribution is 0.147. The summed E-state index contributed by atoms with van der Waals surface area (Å²) in [5, 5.41) is 9.18. The van der Waals surface area contributed by atoms with E-state index in [1.807, 2.05) is 0 Å². The lowest BCUT2D eigenvalue weighted by Crippen LogP contribution is -2.31. The summed E-state index contributed by atoms with van der Waals surface area (Å²) in [7, 11) is 0. The zero-order valence-electron chi connectivity index (χ0n) is 14.4. The van der Waals surface area contributed by atoms with Gasteiger partial charge in [0.15, 0.2) is 0 Å². The van der Waals surface area contributed by atoms with Gasteiger partial charge in [0.2, 0.25) is 0 Å². The molecule has 2 rings (SSSR count). The number of amides is 1. The van der Waals surface area contributed by atoms with Gasteiger partial charge in [0, 0.05) is 38.3 Å². The highest BCUT2D eigenvalue weighted by Gasteiger charge is 2.19. The Morgan fingerprint density at radius 1 is 1.17 bits per heavy atom. The van der Waals surface area contributed by atoms with Gasteiger partial charge < -0.3 is 14.9 Å². The number of carboxylic acid groups (broad SMARTS) is 1. The molecule has 5 heteroatoms. The average molecular weight is 319 g/mol. The molecule has 128 valence electrons. The van der Waals surface area contributed by atoms with Crippen molar-refractivity contribution >= 4 is 11.9 Å². The van der Waals surface area contributed by atoms with Crippen molar-refractivity contribution < 1.29 is 9.90 Å². The van der Waals surface area contributed by atoms with Crippen molar-refractivity contribution in [3.05, 3.63) is 23.4 Å². The summed E-state index contributed by atoms with van der Waals surface area (Å²) < 4.78 is 0. The second-order valence-corrected chi connectivity index (χ2v) is 6.24. The minimum absolute atomic E-state index is 0.544. The summed E-state index contributed by atoms with van der Waals surface area (Å²) >= 11 is 0. The Morgan fingerprint density at radius 3 is 2.43 bits per heavy atom. The summed E-state index contributed by atoms with van der Waals surface area (Å²) in [5.74, 6) is 1.05. The number of hydrogen-bond donors (Lipinski definition) is 1. The summed E-state index contributed by atoms with van der Waals surface area (Å²) in [5.41, 5.74) is 2.27. The van der Waals surface area contributed by atoms with E-state index in [1.54, 1.807) is 0 Å². The number of rotatable bonds is 7. The molecule has 0 unspecified atom stereocenters. The molecule has 0 bridgehead atoms. The zero-order valence-corrected chi connectivity index (χ0v) is 14.4. The zero-order chi connectivity index (χ0) is 16.7. The van der Waals surface area contributed by atoms with Crippen LogP contribution in [0.15, 0.2) is 12.1 Å². The maximum atomic E-state index is 11.2. The fourth-order valence-electron chi connectivity index (χ4n) is 2.98. The molecular formula is C18H29N3O2. The molecule has 1 aromatic rings. The standard InChI is InChI=1S/C18H29N3O2/c1-3-5-11-20(12-6-4-2)17-8-7-15-9-13-21(18(22)23)14-10-16(15)19-17/h7-8H,3-6,9-14H2,1-2H3,(H,22,23). The topological polar surface area (TPSA) is 56.7 Å². The third kappa shape index (κ3) is 4.85. The van der Waals surface area contributed by atoms with Gasteiger partial charge in [0.25, 0.3) is 0 Å². The molecule has 1 aliphatic rings. The Morgan fingerprint density at radius 2 is 1.83 bits per heavy atom. The van der Waals surface area contributed by atoms with E-state index in [0.717, 1.165) is 31.0 Å². The second kappa shape index (κ2) is 8.75. The molecule has 0 aliphatic carbocycles. The lowest BCUT2D eigenvalue weighted by Gasteiger charge is -2.24. The molecule has 1 aliphatic heterocycles. The molecule has 0 saturated heterocycles. The molecular weight excluding hydrogens is 290 g/mol. The third-order valence-corrected chi connectivity index (χ3v) is 4.48. The Hall–Kier alpha value is -1.78. The number of fused-ring (bicyclic) bond motifs is 1. The van der Waals surface area contributed by atoms with Crippen molar-refractivity contribution in [2.75, 3.05) is 31.1 Å². The van der Waals surface area contributed by atoms with Crippen LogP contribution < -0.4 is 4.90 Å². The number of pyridine rings is 1. The summed E-state index contributed by atoms with van der Waals surface area (Å²) in [6.07, 6.45) is 5.36. The van der Waals surface area contributed by atoms with E-state index in [4.69, 9.17) is 4.98 Å². The molecule has 1 N–H and O–H groups in total. The highest BCUT2D eigenvalue weighted by atomic mass is 16.4. The summed E-state index contributed by atoms with van der Waals surface area (Å²) in [6, 6.07) is 4.26. The van der Waals surface area contributed by atoms with Gasteiger partial charge in [-0.25, -0.2) is 9.78 Å². The highest BCUT2D eigenvalue weighted by molar-refractivity contribution is 5.65. The first-order valence-electron chi connectivity index (χ1n) is 8.87. The monoisotopic (exact) mass is 319 g/mol. The number of anilines is 1. The fourth-order valence-corrected chi connectivity index (χ4v) is 2.98. The maximum Gasteiger partial charge on any atom is 0.407 e. The number of carbonyl (C=O) groups is 1. The number of nitrogens with zero attached hydrogens (tertiary/aromatic N) is 3. The predicted octanol–water partition coefficient (Wildman–Crippen LogP) is 3.57. The normalized spacial score (nSPS) is 14.3. The molecule has 1 amide bonds. The molecule has 0 atom stereocenters. The van der Waals surface area contributed by atoms with Gasteiger partial charge in [-0.2, -0.15) is 0 Å². The maximum absolute atomic E-state index is 11.2. The smallest absolute Gasteiger partial charge is 0.407 e. The molecule has 2 heterocycles. The van der Waals surface area contributed by atoms with E-state index in [-0.39, 0.29) is 0 Å². The number of hydrogen-bond acceptors (Lipinski definition) is 3. The molecule has 0 fully saturated rings. The van der Waals surface area contributed by atoms with E-state index >= 15 is 0 Å². The van der Waals surface area contributed by atoms with Gasteiger partial charge in [0.1, 0.15) is 5.82 Å². The van der Waals surface area contributed by atoms with Crippen LogP contribution in [-0.4, -0.2) is 47.3 Å². The molecule has 0 radical (unpaired) electrons. The second-order valence-electron chi connectivity index (χ2n) is 6.24. The van der Waals surface area contributed by atoms with Crippen LogP contribution in [0.25, 0.3) is 0 Å². The minimum Gasteiger partial charge on any atom is -0.465 e. The highest BCUT2D eigenvalue weighted by Crippen LogP contribution is 2.20. The molecule has 0 saturated carbocycles. The van der Waals surface area contributed by atoms with Gasteiger partial charge in [0.05, 0.1) is 0 Å². The van der Waals surface area contributed by atoms with Crippen LogP contribution in [-0.2, 0) is 12.8 Å². The fraction of sp³-hybridized carbons (Fsp3) is 0.667. The first-order chi connectivity index (χ1) is 11.2. The van der Waals surface area contributed by atoms with Gasteiger partial charge >= 0.3 is 6.09 Å². The van der Waals surface area contributed by atoms with E-state index in [9.17, 15) is 9.90 Å². The van der Waals surface area contributed by atoms with Crippen LogP contribution in [0.4, 0.5) is 10.6 Å². The van der Waals surface area contributed by atoms with Crippen molar-refractivity contribution in [3.63, 3.8) is 0 Å². The van der Waals surface area contributed by atoms with Gasteiger partial charge in [-0.15, -0.1) is 0 Å². The molecule has 5 nitrogen and oxygen atoms in total. The van der Waals surface area contributed by atoms with E-state index in [0.29, 0.717) is 19.5 Å². The van der Waals surface area contributed by atoms with Crippen LogP contribution in [0, 0.1) is 0 Å². The number of aromatic nitrogens is 1. The van der Waals surface area contributed by atoms with Gasteiger partial charge in [-0.05, 0) is 30.9 Å². The first-order valence-corrected chi connectivity index (χ1v) is 8.87. The lowest BCUT2D eigenvalue weighted by atomic mass is 10.1. The van der Waals surface area contributed by atoms with Crippen molar-refractivity contribution in [2.45, 2.75) is 52.4 Å². The van der Waals surface area contributed by atoms with Crippen molar-refractivity contribution in [2.24, 2.45) is 0 Å². The van der Waals surface area contributed by atoms with Crippen molar-refractivity contribution in [1.82, 2.24) is 9.88 Å². The van der Waals surface area contributed by atoms with Crippen LogP contribution >= 0.6 is 0 Å².